The summed E-state index contributed by atoms with van der Waals surface area (Å²) in [5.41, 5.74) is 1.29. The second-order valence-corrected chi connectivity index (χ2v) is 4.75. The van der Waals surface area contributed by atoms with E-state index in [2.05, 4.69) is 31.4 Å². The molecule has 0 unspecified atom stereocenters. The molecule has 3 heteroatoms. The number of carbonyl (C=O) groups is 1. The first-order valence-corrected chi connectivity index (χ1v) is 5.80. The monoisotopic (exact) mass is 210 g/mol. The lowest BCUT2D eigenvalue weighted by Crippen LogP contribution is -2.33. The number of amides is 2. The number of hydrogen-bond acceptors (Lipinski definition) is 1. The number of urea groups is 1. The van der Waals surface area contributed by atoms with Crippen LogP contribution < -0.4 is 10.6 Å². The highest BCUT2D eigenvalue weighted by molar-refractivity contribution is 5.74. The number of carbonyl (C=O) groups excluding carboxylic acids is 1. The van der Waals surface area contributed by atoms with E-state index in [4.69, 9.17) is 0 Å². The van der Waals surface area contributed by atoms with E-state index in [-0.39, 0.29) is 6.03 Å². The third-order valence-electron chi connectivity index (χ3n) is 2.66. The Morgan fingerprint density at radius 3 is 2.67 bits per heavy atom. The average Bonchev–Trinajstić information content (AvgIpc) is 2.96. The molecule has 2 amide bonds. The van der Waals surface area contributed by atoms with Gasteiger partial charge in [0, 0.05) is 12.7 Å². The van der Waals surface area contributed by atoms with Crippen LogP contribution in [-0.2, 0) is 0 Å². The summed E-state index contributed by atoms with van der Waals surface area (Å²) in [7, 11) is 0. The maximum absolute atomic E-state index is 11.3. The Hall–Kier alpha value is -0.990. The zero-order chi connectivity index (χ0) is 11.3. The van der Waals surface area contributed by atoms with Crippen molar-refractivity contribution in [2.45, 2.75) is 40.0 Å². The molecule has 0 atom stereocenters. The van der Waals surface area contributed by atoms with Gasteiger partial charge in [-0.15, -0.1) is 0 Å². The van der Waals surface area contributed by atoms with E-state index in [1.807, 2.05) is 6.20 Å². The van der Waals surface area contributed by atoms with Gasteiger partial charge < -0.3 is 10.6 Å². The fourth-order valence-corrected chi connectivity index (χ4v) is 1.36. The molecule has 15 heavy (non-hydrogen) atoms. The van der Waals surface area contributed by atoms with Crippen LogP contribution in [0, 0.1) is 11.8 Å². The fourth-order valence-electron chi connectivity index (χ4n) is 1.36. The molecule has 0 spiro atoms. The van der Waals surface area contributed by atoms with Gasteiger partial charge in [-0.1, -0.05) is 19.4 Å². The number of hydrogen-bond donors (Lipinski definition) is 2. The second kappa shape index (κ2) is 5.79. The summed E-state index contributed by atoms with van der Waals surface area (Å²) >= 11 is 0. The molecule has 1 saturated carbocycles. The van der Waals surface area contributed by atoms with Crippen molar-refractivity contribution in [1.82, 2.24) is 10.6 Å². The molecule has 0 saturated heterocycles. The van der Waals surface area contributed by atoms with Gasteiger partial charge in [-0.25, -0.2) is 4.79 Å². The lowest BCUT2D eigenvalue weighted by molar-refractivity contribution is 0.243. The summed E-state index contributed by atoms with van der Waals surface area (Å²) in [5, 5.41) is 5.60. The second-order valence-electron chi connectivity index (χ2n) is 4.75. The summed E-state index contributed by atoms with van der Waals surface area (Å²) in [5.74, 6) is 1.36. The Kier molecular flexibility index (Phi) is 4.66. The van der Waals surface area contributed by atoms with E-state index in [0.29, 0.717) is 5.92 Å². The van der Waals surface area contributed by atoms with E-state index in [1.165, 1.54) is 18.4 Å². The van der Waals surface area contributed by atoms with E-state index < -0.39 is 0 Å². The van der Waals surface area contributed by atoms with Crippen molar-refractivity contribution >= 4 is 6.03 Å². The summed E-state index contributed by atoms with van der Waals surface area (Å²) in [6.45, 7) is 7.12. The molecule has 0 bridgehead atoms. The topological polar surface area (TPSA) is 41.1 Å². The third kappa shape index (κ3) is 5.45. The first-order chi connectivity index (χ1) is 7.09. The lowest BCUT2D eigenvalue weighted by atomic mass is 10.1. The van der Waals surface area contributed by atoms with Crippen molar-refractivity contribution in [1.29, 1.82) is 0 Å². The Morgan fingerprint density at radius 2 is 2.13 bits per heavy atom. The predicted octanol–water partition coefficient (Wildman–Crippen LogP) is 2.65. The van der Waals surface area contributed by atoms with Crippen molar-refractivity contribution < 1.29 is 4.79 Å². The van der Waals surface area contributed by atoms with Gasteiger partial charge in [-0.2, -0.15) is 0 Å². The molecule has 1 aliphatic rings. The van der Waals surface area contributed by atoms with Crippen LogP contribution in [0.4, 0.5) is 4.79 Å². The molecule has 1 rings (SSSR count). The van der Waals surface area contributed by atoms with E-state index in [9.17, 15) is 4.79 Å². The minimum absolute atomic E-state index is 0.0874. The maximum Gasteiger partial charge on any atom is 0.318 e. The molecule has 0 heterocycles. The molecule has 0 aromatic rings. The number of nitrogens with one attached hydrogen (secondary N) is 2. The van der Waals surface area contributed by atoms with Gasteiger partial charge in [0.1, 0.15) is 0 Å². The number of allylic oxidation sites excluding steroid dienone is 1. The Bertz CT molecular complexity index is 242. The summed E-state index contributed by atoms with van der Waals surface area (Å²) in [6, 6.07) is -0.0874. The van der Waals surface area contributed by atoms with E-state index in [0.717, 1.165) is 18.9 Å². The van der Waals surface area contributed by atoms with Gasteiger partial charge in [-0.3, -0.25) is 0 Å². The van der Waals surface area contributed by atoms with Crippen LogP contribution in [0.1, 0.15) is 40.0 Å². The molecule has 0 radical (unpaired) electrons. The van der Waals surface area contributed by atoms with Gasteiger partial charge in [-0.05, 0) is 38.0 Å². The standard InChI is InChI=1S/C12H22N2O/c1-9(2)6-7-13-12(15)14-8-10(3)11-4-5-11/h8-9,11H,4-7H2,1-3H3,(H2,13,14,15)/b10-8+. The molecular weight excluding hydrogens is 188 g/mol. The highest BCUT2D eigenvalue weighted by Crippen LogP contribution is 2.35. The van der Waals surface area contributed by atoms with Crippen LogP contribution in [0.15, 0.2) is 11.8 Å². The van der Waals surface area contributed by atoms with E-state index >= 15 is 0 Å². The minimum atomic E-state index is -0.0874. The van der Waals surface area contributed by atoms with Crippen LogP contribution in [0.25, 0.3) is 0 Å². The van der Waals surface area contributed by atoms with Gasteiger partial charge >= 0.3 is 6.03 Å². The van der Waals surface area contributed by atoms with Crippen LogP contribution in [-0.4, -0.2) is 12.6 Å². The predicted molar refractivity (Wildman–Crippen MR) is 62.5 cm³/mol. The maximum atomic E-state index is 11.3. The van der Waals surface area contributed by atoms with Crippen molar-refractivity contribution in [2.75, 3.05) is 6.54 Å². The summed E-state index contributed by atoms with van der Waals surface area (Å²) in [6.07, 6.45) is 5.42. The van der Waals surface area contributed by atoms with Crippen LogP contribution in [0.2, 0.25) is 0 Å². The molecule has 1 aliphatic carbocycles. The molecule has 86 valence electrons. The zero-order valence-electron chi connectivity index (χ0n) is 9.97. The lowest BCUT2D eigenvalue weighted by Gasteiger charge is -2.07. The number of rotatable bonds is 5. The van der Waals surface area contributed by atoms with Gasteiger partial charge in [0.15, 0.2) is 0 Å². The highest BCUT2D eigenvalue weighted by atomic mass is 16.2. The third-order valence-corrected chi connectivity index (χ3v) is 2.66. The summed E-state index contributed by atoms with van der Waals surface area (Å²) < 4.78 is 0. The SMILES string of the molecule is C/C(=C\NC(=O)NCCC(C)C)C1CC1. The Morgan fingerprint density at radius 1 is 1.47 bits per heavy atom. The first kappa shape index (κ1) is 12.1. The van der Waals surface area contributed by atoms with Gasteiger partial charge in [0.25, 0.3) is 0 Å². The highest BCUT2D eigenvalue weighted by Gasteiger charge is 2.22. The van der Waals surface area contributed by atoms with Crippen molar-refractivity contribution in [3.63, 3.8) is 0 Å². The molecule has 1 fully saturated rings. The van der Waals surface area contributed by atoms with Crippen molar-refractivity contribution in [2.24, 2.45) is 11.8 Å². The molecule has 0 aliphatic heterocycles. The van der Waals surface area contributed by atoms with Gasteiger partial charge in [0.05, 0.1) is 0 Å². The fraction of sp³-hybridized carbons (Fsp3) is 0.750. The largest absolute Gasteiger partial charge is 0.338 e. The normalized spacial score (nSPS) is 16.7. The Balaban J connectivity index is 2.10. The summed E-state index contributed by atoms with van der Waals surface area (Å²) in [4.78, 5) is 11.3. The van der Waals surface area contributed by atoms with Gasteiger partial charge in [0.2, 0.25) is 0 Å². The van der Waals surface area contributed by atoms with Crippen LogP contribution in [0.3, 0.4) is 0 Å². The first-order valence-electron chi connectivity index (χ1n) is 5.80. The quantitative estimate of drug-likeness (QED) is 0.719. The van der Waals surface area contributed by atoms with E-state index in [1.54, 1.807) is 0 Å². The molecular formula is C12H22N2O. The van der Waals surface area contributed by atoms with Crippen LogP contribution >= 0.6 is 0 Å². The zero-order valence-corrected chi connectivity index (χ0v) is 9.97. The van der Waals surface area contributed by atoms with Crippen molar-refractivity contribution in [3.05, 3.63) is 11.8 Å². The molecule has 0 aromatic carbocycles. The molecule has 3 nitrogen and oxygen atoms in total. The Labute approximate surface area is 92.3 Å². The smallest absolute Gasteiger partial charge is 0.318 e. The minimum Gasteiger partial charge on any atom is -0.338 e. The molecule has 2 N–H and O–H groups in total. The molecule has 0 aromatic heterocycles. The van der Waals surface area contributed by atoms with Crippen molar-refractivity contribution in [3.8, 4) is 0 Å². The average molecular weight is 210 g/mol. The van der Waals surface area contributed by atoms with Crippen LogP contribution in [0.5, 0.6) is 0 Å².